The Bertz CT molecular complexity index is 770. The van der Waals surface area contributed by atoms with E-state index in [-0.39, 0.29) is 22.8 Å². The minimum absolute atomic E-state index is 0.0366. The molecule has 0 fully saturated rings. The van der Waals surface area contributed by atoms with Crippen molar-refractivity contribution in [2.45, 2.75) is 19.8 Å². The van der Waals surface area contributed by atoms with Crippen LogP contribution in [0.15, 0.2) is 47.1 Å². The number of nitriles is 1. The van der Waals surface area contributed by atoms with Crippen molar-refractivity contribution in [2.75, 3.05) is 0 Å². The zero-order valence-electron chi connectivity index (χ0n) is 12.6. The number of rotatable bonds is 3. The predicted molar refractivity (Wildman–Crippen MR) is 80.1 cm³/mol. The van der Waals surface area contributed by atoms with Crippen molar-refractivity contribution in [2.24, 2.45) is 11.6 Å². The molecule has 0 aromatic heterocycles. The first-order valence-electron chi connectivity index (χ1n) is 6.71. The summed E-state index contributed by atoms with van der Waals surface area (Å²) in [6, 6.07) is 8.21. The van der Waals surface area contributed by atoms with Crippen LogP contribution in [0, 0.1) is 11.3 Å². The topological polar surface area (TPSA) is 128 Å². The van der Waals surface area contributed by atoms with Gasteiger partial charge in [-0.1, -0.05) is 12.1 Å². The lowest BCUT2D eigenvalue weighted by Crippen LogP contribution is -2.23. The highest BCUT2D eigenvalue weighted by atomic mass is 16.7. The zero-order valence-corrected chi connectivity index (χ0v) is 12.6. The standard InChI is InChI=1S/C16H15N3O4/c1-8(20)13-9(2)22-15(18)12(7-17)14(13)10-3-5-11(6-4-10)16(21)23-19/h3-6,14H,18-19H2,1-2H3. The molecule has 1 aromatic carbocycles. The Morgan fingerprint density at radius 2 is 1.91 bits per heavy atom. The van der Waals surface area contributed by atoms with Crippen LogP contribution in [0.4, 0.5) is 0 Å². The van der Waals surface area contributed by atoms with Crippen molar-refractivity contribution in [1.29, 1.82) is 5.26 Å². The Morgan fingerprint density at radius 1 is 1.30 bits per heavy atom. The number of nitrogens with two attached hydrogens (primary N) is 2. The van der Waals surface area contributed by atoms with E-state index in [0.717, 1.165) is 0 Å². The third-order valence-corrected chi connectivity index (χ3v) is 3.57. The lowest BCUT2D eigenvalue weighted by atomic mass is 9.81. The number of carbonyl (C=O) groups excluding carboxylic acids is 2. The number of Topliss-reactive ketones (excluding diaryl/α,β-unsaturated/α-hetero) is 1. The van der Waals surface area contributed by atoms with E-state index < -0.39 is 11.9 Å². The molecule has 7 nitrogen and oxygen atoms in total. The van der Waals surface area contributed by atoms with Gasteiger partial charge < -0.3 is 15.3 Å². The molecule has 118 valence electrons. The highest BCUT2D eigenvalue weighted by Crippen LogP contribution is 2.39. The predicted octanol–water partition coefficient (Wildman–Crippen LogP) is 1.39. The van der Waals surface area contributed by atoms with Crippen LogP contribution in [0.25, 0.3) is 0 Å². The fourth-order valence-electron chi connectivity index (χ4n) is 2.55. The molecule has 1 heterocycles. The fourth-order valence-corrected chi connectivity index (χ4v) is 2.55. The van der Waals surface area contributed by atoms with E-state index in [2.05, 4.69) is 4.84 Å². The van der Waals surface area contributed by atoms with Gasteiger partial charge in [-0.3, -0.25) is 4.79 Å². The Morgan fingerprint density at radius 3 is 2.39 bits per heavy atom. The Hall–Kier alpha value is -3.11. The molecule has 23 heavy (non-hydrogen) atoms. The Labute approximate surface area is 132 Å². The number of hydrogen-bond donors (Lipinski definition) is 2. The molecule has 0 radical (unpaired) electrons. The van der Waals surface area contributed by atoms with Gasteiger partial charge in [0.1, 0.15) is 17.4 Å². The van der Waals surface area contributed by atoms with E-state index >= 15 is 0 Å². The maximum atomic E-state index is 12.0. The number of ether oxygens (including phenoxy) is 1. The van der Waals surface area contributed by atoms with E-state index in [1.165, 1.54) is 19.1 Å². The van der Waals surface area contributed by atoms with E-state index in [1.54, 1.807) is 19.1 Å². The molecule has 0 saturated carbocycles. The molecule has 1 aromatic rings. The average Bonchev–Trinajstić information content (AvgIpc) is 2.53. The molecule has 1 unspecified atom stereocenters. The number of ketones is 1. The summed E-state index contributed by atoms with van der Waals surface area (Å²) in [5.74, 6) is 3.61. The van der Waals surface area contributed by atoms with Gasteiger partial charge in [-0.05, 0) is 31.5 Å². The van der Waals surface area contributed by atoms with E-state index in [1.807, 2.05) is 6.07 Å². The number of nitrogens with zero attached hydrogens (tertiary/aromatic N) is 1. The third kappa shape index (κ3) is 2.93. The lowest BCUT2D eigenvalue weighted by molar-refractivity contribution is -0.114. The second-order valence-electron chi connectivity index (χ2n) is 4.98. The van der Waals surface area contributed by atoms with Crippen LogP contribution in [0.2, 0.25) is 0 Å². The highest BCUT2D eigenvalue weighted by molar-refractivity contribution is 5.97. The average molecular weight is 313 g/mol. The maximum Gasteiger partial charge on any atom is 0.356 e. The number of hydrogen-bond acceptors (Lipinski definition) is 7. The Balaban J connectivity index is 2.56. The molecule has 0 saturated heterocycles. The van der Waals surface area contributed by atoms with E-state index in [9.17, 15) is 14.9 Å². The molecule has 4 N–H and O–H groups in total. The summed E-state index contributed by atoms with van der Waals surface area (Å²) in [5, 5.41) is 9.37. The molecular weight excluding hydrogens is 298 g/mol. The molecule has 0 aliphatic carbocycles. The molecule has 1 atom stereocenters. The molecule has 2 rings (SSSR count). The summed E-state index contributed by atoms with van der Waals surface area (Å²) in [6.45, 7) is 3.01. The van der Waals surface area contributed by atoms with Gasteiger partial charge in [-0.2, -0.15) is 11.2 Å². The number of carbonyl (C=O) groups is 2. The fraction of sp³-hybridized carbons (Fsp3) is 0.188. The van der Waals surface area contributed by atoms with Crippen molar-refractivity contribution in [1.82, 2.24) is 0 Å². The Kier molecular flexibility index (Phi) is 4.48. The van der Waals surface area contributed by atoms with Crippen molar-refractivity contribution in [3.05, 3.63) is 58.2 Å². The smallest absolute Gasteiger partial charge is 0.356 e. The first-order valence-corrected chi connectivity index (χ1v) is 6.71. The maximum absolute atomic E-state index is 12.0. The van der Waals surface area contributed by atoms with Gasteiger partial charge >= 0.3 is 5.97 Å². The first-order chi connectivity index (χ1) is 10.9. The van der Waals surface area contributed by atoms with Gasteiger partial charge in [0.2, 0.25) is 5.88 Å². The largest absolute Gasteiger partial charge is 0.445 e. The summed E-state index contributed by atoms with van der Waals surface area (Å²) in [4.78, 5) is 27.5. The van der Waals surface area contributed by atoms with E-state index in [0.29, 0.717) is 16.9 Å². The minimum Gasteiger partial charge on any atom is -0.445 e. The van der Waals surface area contributed by atoms with Gasteiger partial charge in [-0.15, -0.1) is 0 Å². The molecule has 0 bridgehead atoms. The van der Waals surface area contributed by atoms with Gasteiger partial charge in [0.05, 0.1) is 11.5 Å². The van der Waals surface area contributed by atoms with Gasteiger partial charge in [0.25, 0.3) is 0 Å². The molecule has 0 spiro atoms. The van der Waals surface area contributed by atoms with Crippen molar-refractivity contribution >= 4 is 11.8 Å². The van der Waals surface area contributed by atoms with Crippen molar-refractivity contribution in [3.8, 4) is 6.07 Å². The van der Waals surface area contributed by atoms with Crippen molar-refractivity contribution < 1.29 is 19.2 Å². The summed E-state index contributed by atoms with van der Waals surface area (Å²) in [5.41, 5.74) is 7.15. The number of benzene rings is 1. The van der Waals surface area contributed by atoms with E-state index in [4.69, 9.17) is 16.4 Å². The summed E-state index contributed by atoms with van der Waals surface area (Å²) in [7, 11) is 0. The quantitative estimate of drug-likeness (QED) is 0.807. The molecule has 1 aliphatic rings. The van der Waals surface area contributed by atoms with Crippen LogP contribution in [0.3, 0.4) is 0 Å². The molecule has 7 heteroatoms. The van der Waals surface area contributed by atoms with Crippen LogP contribution in [0.1, 0.15) is 35.7 Å². The SMILES string of the molecule is CC(=O)C1=C(C)OC(N)=C(C#N)C1c1ccc(C(=O)ON)cc1. The highest BCUT2D eigenvalue weighted by Gasteiger charge is 2.33. The zero-order chi connectivity index (χ0) is 17.1. The van der Waals surface area contributed by atoms with Crippen LogP contribution in [-0.2, 0) is 14.4 Å². The second kappa shape index (κ2) is 6.34. The van der Waals surface area contributed by atoms with Crippen LogP contribution in [0.5, 0.6) is 0 Å². The molecule has 1 aliphatic heterocycles. The summed E-state index contributed by atoms with van der Waals surface area (Å²) in [6.07, 6.45) is 0. The van der Waals surface area contributed by atoms with Gasteiger partial charge in [0, 0.05) is 5.57 Å². The second-order valence-corrected chi connectivity index (χ2v) is 4.98. The van der Waals surface area contributed by atoms with Crippen molar-refractivity contribution in [3.63, 3.8) is 0 Å². The normalized spacial score (nSPS) is 17.4. The van der Waals surface area contributed by atoms with Gasteiger partial charge in [-0.25, -0.2) is 4.79 Å². The molecule has 0 amide bonds. The summed E-state index contributed by atoms with van der Waals surface area (Å²) >= 11 is 0. The van der Waals surface area contributed by atoms with Crippen LogP contribution in [-0.4, -0.2) is 11.8 Å². The van der Waals surface area contributed by atoms with Gasteiger partial charge in [0.15, 0.2) is 5.78 Å². The lowest BCUT2D eigenvalue weighted by Gasteiger charge is -2.26. The number of allylic oxidation sites excluding steroid dienone is 3. The van der Waals surface area contributed by atoms with Crippen LogP contribution < -0.4 is 11.6 Å². The third-order valence-electron chi connectivity index (χ3n) is 3.57. The first kappa shape index (κ1) is 16.3. The summed E-state index contributed by atoms with van der Waals surface area (Å²) < 4.78 is 5.30. The molecular formula is C16H15N3O4. The minimum atomic E-state index is -0.683. The van der Waals surface area contributed by atoms with Crippen LogP contribution >= 0.6 is 0 Å². The monoisotopic (exact) mass is 313 g/mol.